The predicted molar refractivity (Wildman–Crippen MR) is 151 cm³/mol. The van der Waals surface area contributed by atoms with Gasteiger partial charge in [-0.25, -0.2) is 4.99 Å². The summed E-state index contributed by atoms with van der Waals surface area (Å²) in [5, 5.41) is 3.12. The molecular weight excluding hydrogens is 476 g/mol. The number of carbonyl (C=O) groups excluding carboxylic acids is 1. The Morgan fingerprint density at radius 1 is 1.18 bits per heavy atom. The van der Waals surface area contributed by atoms with E-state index in [0.29, 0.717) is 18.9 Å². The predicted octanol–water partition coefficient (Wildman–Crippen LogP) is 3.76. The molecule has 0 bridgehead atoms. The van der Waals surface area contributed by atoms with Gasteiger partial charge < -0.3 is 30.5 Å². The van der Waals surface area contributed by atoms with E-state index in [9.17, 15) is 4.79 Å². The van der Waals surface area contributed by atoms with E-state index in [-0.39, 0.29) is 11.9 Å². The van der Waals surface area contributed by atoms with Crippen molar-refractivity contribution in [2.75, 3.05) is 33.7 Å². The van der Waals surface area contributed by atoms with Crippen LogP contribution in [0.5, 0.6) is 11.5 Å². The zero-order valence-corrected chi connectivity index (χ0v) is 22.5. The summed E-state index contributed by atoms with van der Waals surface area (Å²) in [6, 6.07) is 18.0. The number of nitrogens with zero attached hydrogens (tertiary/aromatic N) is 4. The van der Waals surface area contributed by atoms with Crippen LogP contribution in [0.4, 0.5) is 0 Å². The van der Waals surface area contributed by atoms with Crippen molar-refractivity contribution in [3.63, 3.8) is 0 Å². The summed E-state index contributed by atoms with van der Waals surface area (Å²) in [6.07, 6.45) is 6.15. The highest BCUT2D eigenvalue weighted by Gasteiger charge is 2.51. The van der Waals surface area contributed by atoms with E-state index in [0.717, 1.165) is 46.9 Å². The lowest BCUT2D eigenvalue weighted by atomic mass is 9.91. The Morgan fingerprint density at radius 3 is 2.61 bits per heavy atom. The highest BCUT2D eigenvalue weighted by Crippen LogP contribution is 2.50. The molecule has 1 saturated heterocycles. The van der Waals surface area contributed by atoms with Crippen LogP contribution in [0.2, 0.25) is 0 Å². The average molecular weight is 513 g/mol. The second-order valence-corrected chi connectivity index (χ2v) is 10.4. The van der Waals surface area contributed by atoms with Gasteiger partial charge in [0.1, 0.15) is 17.3 Å². The summed E-state index contributed by atoms with van der Waals surface area (Å²) in [7, 11) is 3.98. The molecule has 2 aromatic rings. The van der Waals surface area contributed by atoms with E-state index >= 15 is 0 Å². The number of allylic oxidation sites excluding steroid dienone is 1. The van der Waals surface area contributed by atoms with Gasteiger partial charge in [0.25, 0.3) is 0 Å². The highest BCUT2D eigenvalue weighted by molar-refractivity contribution is 5.90. The lowest BCUT2D eigenvalue weighted by Crippen LogP contribution is -2.51. The van der Waals surface area contributed by atoms with Gasteiger partial charge in [-0.3, -0.25) is 4.79 Å². The Balaban J connectivity index is 1.42. The van der Waals surface area contributed by atoms with E-state index in [4.69, 9.17) is 15.5 Å². The third-order valence-corrected chi connectivity index (χ3v) is 7.41. The van der Waals surface area contributed by atoms with Gasteiger partial charge in [0.2, 0.25) is 5.91 Å². The summed E-state index contributed by atoms with van der Waals surface area (Å²) in [5.41, 5.74) is 10.1. The minimum absolute atomic E-state index is 0.0543. The van der Waals surface area contributed by atoms with Crippen molar-refractivity contribution in [3.05, 3.63) is 89.4 Å². The summed E-state index contributed by atoms with van der Waals surface area (Å²) in [6.45, 7) is 6.34. The van der Waals surface area contributed by atoms with E-state index in [2.05, 4.69) is 36.2 Å². The number of ether oxygens (including phenoxy) is 1. The Morgan fingerprint density at radius 2 is 1.89 bits per heavy atom. The fourth-order valence-corrected chi connectivity index (χ4v) is 5.72. The third-order valence-electron chi connectivity index (χ3n) is 7.41. The van der Waals surface area contributed by atoms with Crippen molar-refractivity contribution >= 4 is 17.8 Å². The molecule has 2 atom stereocenters. The standard InChI is InChI=1S/C30H36N6O2/c1-21-27(22-12-14-25(15-13-22)38-24-9-6-5-7-10-24)28-29(31)32-20-33-30(28,2)36(21)23-16-18-35(19-23)26(37)11-8-17-34(3)4/h5-15,20,23H,16-19,31H2,1-4H3,(H,32,33)/b11-8+/t23-,30?/m1/s1. The van der Waals surface area contributed by atoms with E-state index in [1.165, 1.54) is 0 Å². The van der Waals surface area contributed by atoms with Crippen molar-refractivity contribution < 1.29 is 9.53 Å². The van der Waals surface area contributed by atoms with Gasteiger partial charge in [0.15, 0.2) is 5.66 Å². The first-order chi connectivity index (χ1) is 18.3. The minimum Gasteiger partial charge on any atom is -0.457 e. The number of amides is 1. The Hall–Kier alpha value is -4.04. The van der Waals surface area contributed by atoms with Gasteiger partial charge in [-0.15, -0.1) is 0 Å². The molecule has 1 unspecified atom stereocenters. The monoisotopic (exact) mass is 512 g/mol. The van der Waals surface area contributed by atoms with Crippen LogP contribution >= 0.6 is 0 Å². The Kier molecular flexibility index (Phi) is 6.99. The normalized spacial score (nSPS) is 23.0. The second-order valence-electron chi connectivity index (χ2n) is 10.4. The SMILES string of the molecule is CC1=C(c2ccc(Oc3ccccc3)cc2)C2=C(N)NC=NC2(C)N1[C@@H]1CCN(C(=O)/C=C/CN(C)C)C1. The fourth-order valence-electron chi connectivity index (χ4n) is 5.72. The number of likely N-dealkylation sites (N-methyl/N-ethyl adjacent to an activating group) is 1. The van der Waals surface area contributed by atoms with Gasteiger partial charge in [-0.2, -0.15) is 0 Å². The Labute approximate surface area is 224 Å². The molecule has 8 nitrogen and oxygen atoms in total. The second kappa shape index (κ2) is 10.4. The van der Waals surface area contributed by atoms with Crippen molar-refractivity contribution in [2.45, 2.75) is 32.0 Å². The smallest absolute Gasteiger partial charge is 0.246 e. The number of fused-ring (bicyclic) bond motifs is 1. The highest BCUT2D eigenvalue weighted by atomic mass is 16.5. The molecule has 1 amide bonds. The number of hydrogen-bond donors (Lipinski definition) is 2. The van der Waals surface area contributed by atoms with Crippen molar-refractivity contribution in [2.24, 2.45) is 10.7 Å². The van der Waals surface area contributed by atoms with Crippen LogP contribution in [0.25, 0.3) is 5.57 Å². The average Bonchev–Trinajstić information content (AvgIpc) is 3.45. The van der Waals surface area contributed by atoms with Gasteiger partial charge in [0, 0.05) is 42.6 Å². The molecule has 3 aliphatic rings. The first-order valence-electron chi connectivity index (χ1n) is 13.0. The molecule has 0 radical (unpaired) electrons. The number of nitrogens with one attached hydrogen (secondary N) is 1. The zero-order chi connectivity index (χ0) is 26.9. The molecular formula is C30H36N6O2. The summed E-state index contributed by atoms with van der Waals surface area (Å²) in [4.78, 5) is 24.1. The third kappa shape index (κ3) is 4.79. The minimum atomic E-state index is -0.654. The topological polar surface area (TPSA) is 86.4 Å². The number of benzene rings is 2. The van der Waals surface area contributed by atoms with Crippen LogP contribution in [0.3, 0.4) is 0 Å². The van der Waals surface area contributed by atoms with Crippen molar-refractivity contribution in [1.82, 2.24) is 20.0 Å². The Bertz CT molecular complexity index is 1310. The van der Waals surface area contributed by atoms with Crippen LogP contribution in [0.1, 0.15) is 25.8 Å². The van der Waals surface area contributed by atoms with Gasteiger partial charge in [-0.05, 0) is 64.2 Å². The van der Waals surface area contributed by atoms with Crippen LogP contribution in [-0.2, 0) is 4.79 Å². The molecule has 5 rings (SSSR count). The molecule has 0 aliphatic carbocycles. The van der Waals surface area contributed by atoms with E-state index in [1.807, 2.05) is 72.4 Å². The molecule has 3 N–H and O–H groups in total. The number of hydrogen-bond acceptors (Lipinski definition) is 7. The van der Waals surface area contributed by atoms with Gasteiger partial charge in [-0.1, -0.05) is 36.4 Å². The first kappa shape index (κ1) is 25.6. The van der Waals surface area contributed by atoms with Gasteiger partial charge in [0.05, 0.1) is 12.4 Å². The van der Waals surface area contributed by atoms with Crippen LogP contribution in [-0.4, -0.2) is 72.4 Å². The number of carbonyl (C=O) groups is 1. The molecule has 0 saturated carbocycles. The maximum atomic E-state index is 12.8. The number of likely N-dealkylation sites (tertiary alicyclic amines) is 1. The molecule has 0 aromatic heterocycles. The maximum Gasteiger partial charge on any atom is 0.246 e. The first-order valence-corrected chi connectivity index (χ1v) is 13.0. The van der Waals surface area contributed by atoms with Crippen molar-refractivity contribution in [3.8, 4) is 11.5 Å². The molecule has 3 aliphatic heterocycles. The lowest BCUT2D eigenvalue weighted by Gasteiger charge is -2.41. The zero-order valence-electron chi connectivity index (χ0n) is 22.5. The summed E-state index contributed by atoms with van der Waals surface area (Å²) < 4.78 is 6.00. The lowest BCUT2D eigenvalue weighted by molar-refractivity contribution is -0.125. The molecule has 2 aromatic carbocycles. The van der Waals surface area contributed by atoms with Crippen LogP contribution in [0.15, 0.2) is 88.8 Å². The van der Waals surface area contributed by atoms with E-state index < -0.39 is 5.66 Å². The van der Waals surface area contributed by atoms with Crippen LogP contribution in [0, 0.1) is 0 Å². The van der Waals surface area contributed by atoms with E-state index in [1.54, 1.807) is 12.4 Å². The number of nitrogens with two attached hydrogens (primary N) is 1. The largest absolute Gasteiger partial charge is 0.457 e. The van der Waals surface area contributed by atoms with Crippen molar-refractivity contribution in [1.29, 1.82) is 0 Å². The molecule has 198 valence electrons. The maximum absolute atomic E-state index is 12.8. The molecule has 8 heteroatoms. The molecule has 3 heterocycles. The van der Waals surface area contributed by atoms with Gasteiger partial charge >= 0.3 is 0 Å². The number of rotatable bonds is 7. The summed E-state index contributed by atoms with van der Waals surface area (Å²) in [5.74, 6) is 2.22. The number of para-hydroxylation sites is 1. The molecule has 0 spiro atoms. The number of aliphatic imine (C=N–C) groups is 1. The molecule has 38 heavy (non-hydrogen) atoms. The summed E-state index contributed by atoms with van der Waals surface area (Å²) >= 11 is 0. The molecule has 1 fully saturated rings. The quantitative estimate of drug-likeness (QED) is 0.550. The fraction of sp³-hybridized carbons (Fsp3) is 0.333. The van der Waals surface area contributed by atoms with Crippen LogP contribution < -0.4 is 15.8 Å².